The number of nitrogens with zero attached hydrogens (tertiary/aromatic N) is 3. The Morgan fingerprint density at radius 2 is 1.83 bits per heavy atom. The summed E-state index contributed by atoms with van der Waals surface area (Å²) in [6.45, 7) is 2.39. The van der Waals surface area contributed by atoms with Crippen LogP contribution in [0.4, 0.5) is 0 Å². The van der Waals surface area contributed by atoms with E-state index in [2.05, 4.69) is 5.10 Å². The summed E-state index contributed by atoms with van der Waals surface area (Å²) in [5.41, 5.74) is 1.07. The molecule has 0 atom stereocenters. The van der Waals surface area contributed by atoms with Crippen molar-refractivity contribution in [1.82, 2.24) is 14.7 Å². The van der Waals surface area contributed by atoms with Gasteiger partial charge in [-0.1, -0.05) is 6.42 Å². The van der Waals surface area contributed by atoms with Crippen LogP contribution in [-0.4, -0.2) is 33.7 Å². The van der Waals surface area contributed by atoms with Crippen LogP contribution in [0.25, 0.3) is 0 Å². The van der Waals surface area contributed by atoms with Crippen LogP contribution in [0.3, 0.4) is 0 Å². The Morgan fingerprint density at radius 3 is 2.43 bits per heavy atom. The number of likely N-dealkylation sites (tertiary alicyclic amines) is 1. The second-order valence-electron chi connectivity index (χ2n) is 7.45. The Morgan fingerprint density at radius 1 is 1.09 bits per heavy atom. The lowest BCUT2D eigenvalue weighted by Crippen LogP contribution is -2.44. The van der Waals surface area contributed by atoms with Crippen LogP contribution in [0.2, 0.25) is 0 Å². The van der Waals surface area contributed by atoms with Crippen molar-refractivity contribution in [2.45, 2.75) is 57.4 Å². The van der Waals surface area contributed by atoms with E-state index in [0.29, 0.717) is 30.2 Å². The molecule has 1 amide bonds. The third-order valence-corrected chi connectivity index (χ3v) is 5.69. The minimum atomic E-state index is 0.00220. The number of carbonyl (C=O) groups excluding carboxylic acids is 1. The third kappa shape index (κ3) is 3.19. The van der Waals surface area contributed by atoms with Crippen LogP contribution < -0.4 is 5.56 Å². The van der Waals surface area contributed by atoms with E-state index in [0.717, 1.165) is 44.5 Å². The Bertz CT molecular complexity index is 638. The van der Waals surface area contributed by atoms with Crippen molar-refractivity contribution in [1.29, 1.82) is 0 Å². The summed E-state index contributed by atoms with van der Waals surface area (Å²) >= 11 is 0. The standard InChI is InChI=1S/C18H25N3O2/c22-17-7-6-16(14-4-5-14)19-21(17)12-13-8-10-20(11-9-13)18(23)15-2-1-3-15/h6-7,13-15H,1-5,8-12H2. The van der Waals surface area contributed by atoms with E-state index in [1.165, 1.54) is 19.3 Å². The van der Waals surface area contributed by atoms with Gasteiger partial charge in [-0.15, -0.1) is 0 Å². The number of hydrogen-bond donors (Lipinski definition) is 0. The number of rotatable bonds is 4. The van der Waals surface area contributed by atoms with Crippen molar-refractivity contribution >= 4 is 5.91 Å². The highest BCUT2D eigenvalue weighted by Gasteiger charge is 2.32. The lowest BCUT2D eigenvalue weighted by Gasteiger charge is -2.36. The molecule has 2 saturated carbocycles. The van der Waals surface area contributed by atoms with E-state index in [9.17, 15) is 9.59 Å². The quantitative estimate of drug-likeness (QED) is 0.855. The average Bonchev–Trinajstić information content (AvgIpc) is 3.33. The van der Waals surface area contributed by atoms with Crippen LogP contribution >= 0.6 is 0 Å². The molecular weight excluding hydrogens is 290 g/mol. The monoisotopic (exact) mass is 315 g/mol. The average molecular weight is 315 g/mol. The van der Waals surface area contributed by atoms with Crippen LogP contribution in [0, 0.1) is 11.8 Å². The predicted molar refractivity (Wildman–Crippen MR) is 87.1 cm³/mol. The first-order valence-corrected chi connectivity index (χ1v) is 9.07. The van der Waals surface area contributed by atoms with Crippen molar-refractivity contribution in [2.75, 3.05) is 13.1 Å². The summed E-state index contributed by atoms with van der Waals surface area (Å²) in [4.78, 5) is 26.4. The minimum absolute atomic E-state index is 0.00220. The summed E-state index contributed by atoms with van der Waals surface area (Å²) in [7, 11) is 0. The van der Waals surface area contributed by atoms with Gasteiger partial charge in [0.2, 0.25) is 5.91 Å². The molecule has 1 aromatic heterocycles. The zero-order chi connectivity index (χ0) is 15.8. The van der Waals surface area contributed by atoms with Crippen LogP contribution in [0.1, 0.15) is 56.6 Å². The number of hydrogen-bond acceptors (Lipinski definition) is 3. The van der Waals surface area contributed by atoms with Gasteiger partial charge in [0.1, 0.15) is 0 Å². The molecule has 3 aliphatic rings. The molecule has 1 aliphatic heterocycles. The number of carbonyl (C=O) groups is 1. The van der Waals surface area contributed by atoms with Gasteiger partial charge in [-0.3, -0.25) is 9.59 Å². The molecule has 0 N–H and O–H groups in total. The summed E-state index contributed by atoms with van der Waals surface area (Å²) < 4.78 is 1.65. The van der Waals surface area contributed by atoms with E-state index in [4.69, 9.17) is 0 Å². The maximum absolute atomic E-state index is 12.3. The Balaban J connectivity index is 1.35. The highest BCUT2D eigenvalue weighted by atomic mass is 16.2. The molecule has 3 fully saturated rings. The van der Waals surface area contributed by atoms with Gasteiger partial charge in [0, 0.05) is 37.5 Å². The molecule has 23 heavy (non-hydrogen) atoms. The van der Waals surface area contributed by atoms with Gasteiger partial charge in [0.25, 0.3) is 5.56 Å². The van der Waals surface area contributed by atoms with Crippen molar-refractivity contribution < 1.29 is 4.79 Å². The SMILES string of the molecule is O=C(C1CCC1)N1CCC(Cn2nc(C3CC3)ccc2=O)CC1. The van der Waals surface area contributed by atoms with Crippen LogP contribution in [0.5, 0.6) is 0 Å². The lowest BCUT2D eigenvalue weighted by molar-refractivity contribution is -0.139. The van der Waals surface area contributed by atoms with E-state index in [-0.39, 0.29) is 5.56 Å². The predicted octanol–water partition coefficient (Wildman–Crippen LogP) is 2.16. The molecular formula is C18H25N3O2. The highest BCUT2D eigenvalue weighted by Crippen LogP contribution is 2.38. The molecule has 124 valence electrons. The van der Waals surface area contributed by atoms with E-state index < -0.39 is 0 Å². The maximum Gasteiger partial charge on any atom is 0.266 e. The molecule has 0 unspecified atom stereocenters. The number of piperidine rings is 1. The van der Waals surface area contributed by atoms with Gasteiger partial charge in [0.05, 0.1) is 5.69 Å². The Kier molecular flexibility index (Phi) is 3.95. The molecule has 2 aliphatic carbocycles. The third-order valence-electron chi connectivity index (χ3n) is 5.69. The summed E-state index contributed by atoms with van der Waals surface area (Å²) in [6, 6.07) is 3.55. The zero-order valence-corrected chi connectivity index (χ0v) is 13.6. The summed E-state index contributed by atoms with van der Waals surface area (Å²) in [6.07, 6.45) is 7.73. The molecule has 0 spiro atoms. The van der Waals surface area contributed by atoms with Gasteiger partial charge in [0.15, 0.2) is 0 Å². The Labute approximate surface area is 136 Å². The largest absolute Gasteiger partial charge is 0.342 e. The van der Waals surface area contributed by atoms with E-state index in [1.54, 1.807) is 10.7 Å². The zero-order valence-electron chi connectivity index (χ0n) is 13.6. The van der Waals surface area contributed by atoms with Crippen molar-refractivity contribution in [3.8, 4) is 0 Å². The molecule has 4 rings (SSSR count). The first-order valence-electron chi connectivity index (χ1n) is 9.07. The smallest absolute Gasteiger partial charge is 0.266 e. The van der Waals surface area contributed by atoms with Crippen molar-refractivity contribution in [3.05, 3.63) is 28.2 Å². The molecule has 1 saturated heterocycles. The number of aromatic nitrogens is 2. The normalized spacial score (nSPS) is 22.9. The molecule has 5 heteroatoms. The minimum Gasteiger partial charge on any atom is -0.342 e. The molecule has 5 nitrogen and oxygen atoms in total. The molecule has 1 aromatic rings. The summed E-state index contributed by atoms with van der Waals surface area (Å²) in [5, 5.41) is 4.56. The van der Waals surface area contributed by atoms with Crippen LogP contribution in [0.15, 0.2) is 16.9 Å². The van der Waals surface area contributed by atoms with Gasteiger partial charge in [-0.25, -0.2) is 4.68 Å². The lowest BCUT2D eigenvalue weighted by atomic mass is 9.83. The van der Waals surface area contributed by atoms with Gasteiger partial charge in [-0.2, -0.15) is 5.10 Å². The fourth-order valence-corrected chi connectivity index (χ4v) is 3.69. The second-order valence-corrected chi connectivity index (χ2v) is 7.45. The van der Waals surface area contributed by atoms with E-state index >= 15 is 0 Å². The number of amides is 1. The van der Waals surface area contributed by atoms with Gasteiger partial charge >= 0.3 is 0 Å². The van der Waals surface area contributed by atoms with Gasteiger partial charge < -0.3 is 4.90 Å². The van der Waals surface area contributed by atoms with E-state index in [1.807, 2.05) is 11.0 Å². The first-order chi connectivity index (χ1) is 11.2. The fourth-order valence-electron chi connectivity index (χ4n) is 3.69. The first kappa shape index (κ1) is 14.9. The van der Waals surface area contributed by atoms with Crippen LogP contribution in [-0.2, 0) is 11.3 Å². The fraction of sp³-hybridized carbons (Fsp3) is 0.722. The van der Waals surface area contributed by atoms with Crippen molar-refractivity contribution in [3.63, 3.8) is 0 Å². The summed E-state index contributed by atoms with van der Waals surface area (Å²) in [5.74, 6) is 1.69. The second kappa shape index (κ2) is 6.10. The molecule has 0 bridgehead atoms. The molecule has 0 radical (unpaired) electrons. The van der Waals surface area contributed by atoms with Gasteiger partial charge in [-0.05, 0) is 50.5 Å². The maximum atomic E-state index is 12.3. The molecule has 2 heterocycles. The molecule has 0 aromatic carbocycles. The Hall–Kier alpha value is -1.65. The highest BCUT2D eigenvalue weighted by molar-refractivity contribution is 5.79. The topological polar surface area (TPSA) is 55.2 Å². The van der Waals surface area contributed by atoms with Crippen molar-refractivity contribution in [2.24, 2.45) is 11.8 Å².